The van der Waals surface area contributed by atoms with Gasteiger partial charge in [0.15, 0.2) is 0 Å². The van der Waals surface area contributed by atoms with E-state index in [0.717, 1.165) is 31.3 Å². The summed E-state index contributed by atoms with van der Waals surface area (Å²) >= 11 is 0. The highest BCUT2D eigenvalue weighted by molar-refractivity contribution is 5.16. The largest absolute Gasteiger partial charge is 0.330 e. The maximum atomic E-state index is 12.2. The normalized spacial score (nSPS) is 12.8. The molecule has 1 nitrogen and oxygen atoms in total. The maximum absolute atomic E-state index is 12.2. The minimum atomic E-state index is 0.629. The lowest BCUT2D eigenvalue weighted by molar-refractivity contribution is 0.693. The molecule has 0 fully saturated rings. The Bertz CT molecular complexity index is 150. The van der Waals surface area contributed by atoms with E-state index in [1.54, 1.807) is 0 Å². The van der Waals surface area contributed by atoms with E-state index in [-0.39, 0.29) is 0 Å². The van der Waals surface area contributed by atoms with Crippen LogP contribution < -0.4 is 5.73 Å². The van der Waals surface area contributed by atoms with Gasteiger partial charge in [0.2, 0.25) is 0 Å². The zero-order chi connectivity index (χ0) is 9.23. The molecule has 0 radical (unpaired) electrons. The van der Waals surface area contributed by atoms with Crippen molar-refractivity contribution in [1.82, 2.24) is 0 Å². The van der Waals surface area contributed by atoms with Gasteiger partial charge in [0.25, 0.3) is 0 Å². The number of allylic oxidation sites excluding steroid dienone is 2. The van der Waals surface area contributed by atoms with Gasteiger partial charge >= 0.3 is 0 Å². The van der Waals surface area contributed by atoms with Crippen LogP contribution in [0.15, 0.2) is 24.1 Å². The summed E-state index contributed by atoms with van der Waals surface area (Å²) in [7, 11) is 0. The molecule has 0 atom stereocenters. The zero-order valence-electron chi connectivity index (χ0n) is 7.72. The first-order valence-corrected chi connectivity index (χ1v) is 4.51. The molecule has 0 aliphatic carbocycles. The van der Waals surface area contributed by atoms with E-state index < -0.39 is 0 Å². The van der Waals surface area contributed by atoms with E-state index in [9.17, 15) is 4.39 Å². The Labute approximate surface area is 74.1 Å². The lowest BCUT2D eigenvalue weighted by atomic mass is 10.1. The van der Waals surface area contributed by atoms with Gasteiger partial charge in [-0.15, -0.1) is 0 Å². The van der Waals surface area contributed by atoms with Gasteiger partial charge in [0.1, 0.15) is 0 Å². The van der Waals surface area contributed by atoms with E-state index in [0.29, 0.717) is 12.9 Å². The molecule has 0 aliphatic rings. The van der Waals surface area contributed by atoms with Gasteiger partial charge in [0.05, 0.1) is 6.33 Å². The van der Waals surface area contributed by atoms with E-state index in [1.165, 1.54) is 0 Å². The molecule has 0 heterocycles. The molecule has 12 heavy (non-hydrogen) atoms. The van der Waals surface area contributed by atoms with Crippen molar-refractivity contribution < 1.29 is 4.39 Å². The van der Waals surface area contributed by atoms with Gasteiger partial charge in [-0.05, 0) is 31.4 Å². The molecule has 2 heteroatoms. The minimum Gasteiger partial charge on any atom is -0.330 e. The molecule has 70 valence electrons. The Kier molecular flexibility index (Phi) is 8.02. The summed E-state index contributed by atoms with van der Waals surface area (Å²) < 4.78 is 12.2. The van der Waals surface area contributed by atoms with Gasteiger partial charge in [-0.3, -0.25) is 0 Å². The Morgan fingerprint density at radius 3 is 2.75 bits per heavy atom. The fourth-order valence-electron chi connectivity index (χ4n) is 0.886. The van der Waals surface area contributed by atoms with Crippen LogP contribution in [0.25, 0.3) is 0 Å². The van der Waals surface area contributed by atoms with Crippen LogP contribution >= 0.6 is 0 Å². The lowest BCUT2D eigenvalue weighted by Crippen LogP contribution is -1.95. The third-order valence-electron chi connectivity index (χ3n) is 1.62. The predicted molar refractivity (Wildman–Crippen MR) is 51.5 cm³/mol. The fraction of sp³-hybridized carbons (Fsp3) is 0.600. The SMILES string of the molecule is CCCCC(/C=C\CCN)=C/F. The third-order valence-corrected chi connectivity index (χ3v) is 1.62. The second-order valence-electron chi connectivity index (χ2n) is 2.77. The van der Waals surface area contributed by atoms with Crippen LogP contribution in [0.3, 0.4) is 0 Å². The van der Waals surface area contributed by atoms with Crippen molar-refractivity contribution >= 4 is 0 Å². The molecule has 0 unspecified atom stereocenters. The van der Waals surface area contributed by atoms with Crippen LogP contribution in [0.4, 0.5) is 4.39 Å². The number of hydrogen-bond acceptors (Lipinski definition) is 1. The molecule has 0 aromatic rings. The monoisotopic (exact) mass is 171 g/mol. The highest BCUT2D eigenvalue weighted by atomic mass is 19.1. The summed E-state index contributed by atoms with van der Waals surface area (Å²) in [5, 5.41) is 0. The second kappa shape index (κ2) is 8.47. The van der Waals surface area contributed by atoms with Gasteiger partial charge in [-0.25, -0.2) is 4.39 Å². The summed E-state index contributed by atoms with van der Waals surface area (Å²) in [4.78, 5) is 0. The number of rotatable bonds is 6. The molecule has 0 saturated carbocycles. The molecule has 0 aliphatic heterocycles. The predicted octanol–water partition coefficient (Wildman–Crippen LogP) is 2.94. The molecular formula is C10H18FN. The van der Waals surface area contributed by atoms with Crippen molar-refractivity contribution in [2.45, 2.75) is 32.6 Å². The van der Waals surface area contributed by atoms with Crippen LogP contribution in [-0.4, -0.2) is 6.54 Å². The first kappa shape index (κ1) is 11.4. The maximum Gasteiger partial charge on any atom is 0.0898 e. The molecule has 0 spiro atoms. The van der Waals surface area contributed by atoms with Crippen molar-refractivity contribution in [3.8, 4) is 0 Å². The average Bonchev–Trinajstić information content (AvgIpc) is 2.11. The second-order valence-corrected chi connectivity index (χ2v) is 2.77. The first-order valence-electron chi connectivity index (χ1n) is 4.51. The Hall–Kier alpha value is -0.630. The highest BCUT2D eigenvalue weighted by Gasteiger charge is 1.90. The molecular weight excluding hydrogens is 153 g/mol. The van der Waals surface area contributed by atoms with Crippen molar-refractivity contribution in [3.05, 3.63) is 24.1 Å². The van der Waals surface area contributed by atoms with Crippen LogP contribution in [0.5, 0.6) is 0 Å². The molecule has 2 N–H and O–H groups in total. The van der Waals surface area contributed by atoms with Crippen LogP contribution in [-0.2, 0) is 0 Å². The van der Waals surface area contributed by atoms with Crippen LogP contribution in [0.1, 0.15) is 32.6 Å². The summed E-state index contributed by atoms with van der Waals surface area (Å²) in [6.45, 7) is 2.73. The number of hydrogen-bond donors (Lipinski definition) is 1. The van der Waals surface area contributed by atoms with E-state index in [2.05, 4.69) is 6.92 Å². The first-order chi connectivity index (χ1) is 5.85. The molecule has 0 aromatic heterocycles. The summed E-state index contributed by atoms with van der Waals surface area (Å²) in [6, 6.07) is 0. The topological polar surface area (TPSA) is 26.0 Å². The van der Waals surface area contributed by atoms with Gasteiger partial charge in [-0.2, -0.15) is 0 Å². The Morgan fingerprint density at radius 2 is 2.25 bits per heavy atom. The number of nitrogens with two attached hydrogens (primary N) is 1. The zero-order valence-corrected chi connectivity index (χ0v) is 7.72. The Morgan fingerprint density at radius 1 is 1.50 bits per heavy atom. The third kappa shape index (κ3) is 6.10. The molecule has 0 rings (SSSR count). The standard InChI is InChI=1S/C10H18FN/c1-2-3-6-10(9-11)7-4-5-8-12/h4,7,9H,2-3,5-6,8,12H2,1H3/b7-4-,10-9-. The fourth-order valence-corrected chi connectivity index (χ4v) is 0.886. The molecule has 0 amide bonds. The average molecular weight is 171 g/mol. The highest BCUT2D eigenvalue weighted by Crippen LogP contribution is 2.09. The quantitative estimate of drug-likeness (QED) is 0.611. The molecule has 0 bridgehead atoms. The van der Waals surface area contributed by atoms with Gasteiger partial charge in [-0.1, -0.05) is 25.5 Å². The summed E-state index contributed by atoms with van der Waals surface area (Å²) in [5.74, 6) is 0. The number of halogens is 1. The summed E-state index contributed by atoms with van der Waals surface area (Å²) in [6.07, 6.45) is 8.22. The number of unbranched alkanes of at least 4 members (excludes halogenated alkanes) is 1. The lowest BCUT2D eigenvalue weighted by Gasteiger charge is -1.96. The Balaban J connectivity index is 3.68. The minimum absolute atomic E-state index is 0.629. The van der Waals surface area contributed by atoms with Crippen LogP contribution in [0, 0.1) is 0 Å². The molecule has 0 saturated heterocycles. The van der Waals surface area contributed by atoms with Crippen molar-refractivity contribution in [1.29, 1.82) is 0 Å². The van der Waals surface area contributed by atoms with E-state index in [1.807, 2.05) is 12.2 Å². The van der Waals surface area contributed by atoms with E-state index >= 15 is 0 Å². The molecule has 0 aromatic carbocycles. The van der Waals surface area contributed by atoms with Crippen LogP contribution in [0.2, 0.25) is 0 Å². The van der Waals surface area contributed by atoms with Gasteiger partial charge in [0, 0.05) is 0 Å². The smallest absolute Gasteiger partial charge is 0.0898 e. The van der Waals surface area contributed by atoms with Crippen molar-refractivity contribution in [2.24, 2.45) is 5.73 Å². The summed E-state index contributed by atoms with van der Waals surface area (Å²) in [5.41, 5.74) is 6.06. The van der Waals surface area contributed by atoms with E-state index in [4.69, 9.17) is 5.73 Å². The van der Waals surface area contributed by atoms with Gasteiger partial charge < -0.3 is 5.73 Å². The van der Waals surface area contributed by atoms with Crippen molar-refractivity contribution in [3.63, 3.8) is 0 Å². The van der Waals surface area contributed by atoms with Crippen molar-refractivity contribution in [2.75, 3.05) is 6.54 Å².